The van der Waals surface area contributed by atoms with Gasteiger partial charge >= 0.3 is 0 Å². The van der Waals surface area contributed by atoms with E-state index in [1.165, 1.54) is 6.07 Å². The molecule has 0 saturated heterocycles. The first-order chi connectivity index (χ1) is 7.20. The largest absolute Gasteiger partial charge is 0.273 e. The van der Waals surface area contributed by atoms with Crippen molar-refractivity contribution < 1.29 is 4.92 Å². The molecule has 0 amide bonds. The van der Waals surface area contributed by atoms with E-state index >= 15 is 0 Å². The van der Waals surface area contributed by atoms with Crippen molar-refractivity contribution in [1.29, 1.82) is 0 Å². The molecular formula is C12H13NO2. The summed E-state index contributed by atoms with van der Waals surface area (Å²) >= 11 is 0. The summed E-state index contributed by atoms with van der Waals surface area (Å²) in [5, 5.41) is 10.8. The zero-order chi connectivity index (χ0) is 11.3. The van der Waals surface area contributed by atoms with Gasteiger partial charge in [-0.25, -0.2) is 0 Å². The van der Waals surface area contributed by atoms with Gasteiger partial charge in [-0.15, -0.1) is 13.2 Å². The van der Waals surface area contributed by atoms with Gasteiger partial charge in [-0.3, -0.25) is 10.1 Å². The number of rotatable bonds is 5. The third-order valence-corrected chi connectivity index (χ3v) is 2.16. The van der Waals surface area contributed by atoms with Crippen LogP contribution >= 0.6 is 0 Å². The molecule has 0 bridgehead atoms. The molecule has 1 rings (SSSR count). The van der Waals surface area contributed by atoms with Crippen LogP contribution in [-0.4, -0.2) is 4.92 Å². The quantitative estimate of drug-likeness (QED) is 0.419. The van der Waals surface area contributed by atoms with E-state index in [1.807, 2.05) is 6.07 Å². The summed E-state index contributed by atoms with van der Waals surface area (Å²) in [4.78, 5) is 10.4. The summed E-state index contributed by atoms with van der Waals surface area (Å²) < 4.78 is 0. The number of allylic oxidation sites excluding steroid dienone is 2. The number of nitro groups is 1. The molecule has 15 heavy (non-hydrogen) atoms. The second kappa shape index (κ2) is 5.10. The van der Waals surface area contributed by atoms with Gasteiger partial charge in [0.15, 0.2) is 0 Å². The minimum absolute atomic E-state index is 0.161. The minimum atomic E-state index is -0.356. The van der Waals surface area contributed by atoms with Gasteiger partial charge < -0.3 is 0 Å². The third-order valence-electron chi connectivity index (χ3n) is 2.16. The summed E-state index contributed by atoms with van der Waals surface area (Å²) in [6.07, 6.45) is 4.58. The zero-order valence-electron chi connectivity index (χ0n) is 8.48. The molecule has 0 N–H and O–H groups in total. The van der Waals surface area contributed by atoms with E-state index in [1.54, 1.807) is 18.2 Å². The molecule has 0 radical (unpaired) electrons. The second-order valence-electron chi connectivity index (χ2n) is 3.16. The smallest absolute Gasteiger partial charge is 0.258 e. The van der Waals surface area contributed by atoms with Gasteiger partial charge in [-0.05, 0) is 18.4 Å². The molecule has 78 valence electrons. The number of hydrogen-bond donors (Lipinski definition) is 0. The first-order valence-corrected chi connectivity index (χ1v) is 4.67. The Hall–Kier alpha value is -1.90. The summed E-state index contributed by atoms with van der Waals surface area (Å²) in [6, 6.07) is 5.10. The van der Waals surface area contributed by atoms with Crippen molar-refractivity contribution in [3.63, 3.8) is 0 Å². The highest BCUT2D eigenvalue weighted by Crippen LogP contribution is 2.23. The Labute approximate surface area is 88.9 Å². The molecule has 3 heteroatoms. The van der Waals surface area contributed by atoms with Gasteiger partial charge in [0.2, 0.25) is 0 Å². The lowest BCUT2D eigenvalue weighted by atomic mass is 10.00. The van der Waals surface area contributed by atoms with E-state index in [-0.39, 0.29) is 10.6 Å². The van der Waals surface area contributed by atoms with Crippen LogP contribution in [0.5, 0.6) is 0 Å². The molecule has 0 unspecified atom stereocenters. The van der Waals surface area contributed by atoms with E-state index in [0.717, 1.165) is 11.1 Å². The van der Waals surface area contributed by atoms with Gasteiger partial charge in [0.25, 0.3) is 5.69 Å². The molecule has 0 aromatic heterocycles. The van der Waals surface area contributed by atoms with Crippen molar-refractivity contribution in [2.75, 3.05) is 0 Å². The normalized spacial score (nSPS) is 9.60. The Bertz CT molecular complexity index is 397. The maximum atomic E-state index is 10.8. The van der Waals surface area contributed by atoms with Crippen LogP contribution in [0.25, 0.3) is 0 Å². The van der Waals surface area contributed by atoms with E-state index in [2.05, 4.69) is 13.2 Å². The fourth-order valence-corrected chi connectivity index (χ4v) is 1.52. The average molecular weight is 203 g/mol. The van der Waals surface area contributed by atoms with Gasteiger partial charge in [-0.1, -0.05) is 24.3 Å². The molecule has 0 aliphatic heterocycles. The molecule has 1 aromatic carbocycles. The lowest BCUT2D eigenvalue weighted by molar-refractivity contribution is -0.385. The van der Waals surface area contributed by atoms with Crippen molar-refractivity contribution in [3.05, 3.63) is 64.8 Å². The fraction of sp³-hybridized carbons (Fsp3) is 0.167. The molecule has 0 atom stereocenters. The topological polar surface area (TPSA) is 43.1 Å². The van der Waals surface area contributed by atoms with Gasteiger partial charge in [-0.2, -0.15) is 0 Å². The number of hydrogen-bond acceptors (Lipinski definition) is 2. The van der Waals surface area contributed by atoms with Gasteiger partial charge in [0.1, 0.15) is 0 Å². The Balaban J connectivity index is 3.26. The average Bonchev–Trinajstić information content (AvgIpc) is 2.21. The van der Waals surface area contributed by atoms with Gasteiger partial charge in [0.05, 0.1) is 4.92 Å². The molecule has 0 fully saturated rings. The number of nitro benzene ring substituents is 1. The first kappa shape index (κ1) is 11.2. The van der Waals surface area contributed by atoms with Crippen molar-refractivity contribution in [3.8, 4) is 0 Å². The van der Waals surface area contributed by atoms with E-state index < -0.39 is 0 Å². The second-order valence-corrected chi connectivity index (χ2v) is 3.16. The maximum absolute atomic E-state index is 10.8. The summed E-state index contributed by atoms with van der Waals surface area (Å²) in [6.45, 7) is 7.25. The summed E-state index contributed by atoms with van der Waals surface area (Å²) in [5.74, 6) is 0. The van der Waals surface area contributed by atoms with Crippen molar-refractivity contribution in [1.82, 2.24) is 0 Å². The predicted molar refractivity (Wildman–Crippen MR) is 60.9 cm³/mol. The Morgan fingerprint density at radius 3 is 2.47 bits per heavy atom. The van der Waals surface area contributed by atoms with Crippen LogP contribution in [0.4, 0.5) is 5.69 Å². The zero-order valence-corrected chi connectivity index (χ0v) is 8.48. The molecule has 3 nitrogen and oxygen atoms in total. The highest BCUT2D eigenvalue weighted by molar-refractivity contribution is 5.47. The highest BCUT2D eigenvalue weighted by Gasteiger charge is 2.14. The molecule has 0 aliphatic rings. The Morgan fingerprint density at radius 1 is 1.27 bits per heavy atom. The van der Waals surface area contributed by atoms with E-state index in [4.69, 9.17) is 0 Å². The Kier molecular flexibility index (Phi) is 3.80. The Morgan fingerprint density at radius 2 is 1.93 bits per heavy atom. The highest BCUT2D eigenvalue weighted by atomic mass is 16.6. The molecule has 0 heterocycles. The minimum Gasteiger partial charge on any atom is -0.258 e. The van der Waals surface area contributed by atoms with Crippen LogP contribution in [0.2, 0.25) is 0 Å². The summed E-state index contributed by atoms with van der Waals surface area (Å²) in [5.41, 5.74) is 1.84. The standard InChI is InChI=1S/C12H13NO2/c1-3-6-10-8-5-9-12(13(14)15)11(10)7-4-2/h3-5,8-9H,1-2,6-7H2. The van der Waals surface area contributed by atoms with Crippen molar-refractivity contribution in [2.45, 2.75) is 12.8 Å². The van der Waals surface area contributed by atoms with Crippen LogP contribution in [0, 0.1) is 10.1 Å². The SMILES string of the molecule is C=CCc1cccc([N+](=O)[O-])c1CC=C. The third kappa shape index (κ3) is 2.53. The molecule has 0 spiro atoms. The predicted octanol–water partition coefficient (Wildman–Crippen LogP) is 3.05. The molecular weight excluding hydrogens is 190 g/mol. The van der Waals surface area contributed by atoms with E-state index in [0.29, 0.717) is 12.8 Å². The monoisotopic (exact) mass is 203 g/mol. The first-order valence-electron chi connectivity index (χ1n) is 4.67. The molecule has 0 aliphatic carbocycles. The molecule has 1 aromatic rings. The van der Waals surface area contributed by atoms with Crippen LogP contribution in [0.3, 0.4) is 0 Å². The fourth-order valence-electron chi connectivity index (χ4n) is 1.52. The van der Waals surface area contributed by atoms with Crippen molar-refractivity contribution in [2.24, 2.45) is 0 Å². The van der Waals surface area contributed by atoms with Crippen molar-refractivity contribution >= 4 is 5.69 Å². The van der Waals surface area contributed by atoms with E-state index in [9.17, 15) is 10.1 Å². The number of benzene rings is 1. The maximum Gasteiger partial charge on any atom is 0.273 e. The molecule has 0 saturated carbocycles. The van der Waals surface area contributed by atoms with Gasteiger partial charge in [0, 0.05) is 11.6 Å². The van der Waals surface area contributed by atoms with Crippen LogP contribution in [-0.2, 0) is 12.8 Å². The number of nitrogens with zero attached hydrogens (tertiary/aromatic N) is 1. The lowest BCUT2D eigenvalue weighted by Crippen LogP contribution is -1.99. The van der Waals surface area contributed by atoms with Crippen LogP contribution < -0.4 is 0 Å². The van der Waals surface area contributed by atoms with Crippen LogP contribution in [0.15, 0.2) is 43.5 Å². The summed E-state index contributed by atoms with van der Waals surface area (Å²) in [7, 11) is 0. The van der Waals surface area contributed by atoms with Crippen LogP contribution in [0.1, 0.15) is 11.1 Å². The lowest BCUT2D eigenvalue weighted by Gasteiger charge is -2.05.